The molecule has 0 saturated carbocycles. The summed E-state index contributed by atoms with van der Waals surface area (Å²) in [4.78, 5) is 35.7. The van der Waals surface area contributed by atoms with E-state index >= 15 is 0 Å². The number of rotatable bonds is 12. The third kappa shape index (κ3) is 10.6. The van der Waals surface area contributed by atoms with Gasteiger partial charge in [-0.1, -0.05) is 55.9 Å². The molecular weight excluding hydrogens is 340 g/mol. The lowest BCUT2D eigenvalue weighted by Crippen LogP contribution is -2.28. The molecule has 0 saturated heterocycles. The van der Waals surface area contributed by atoms with Crippen LogP contribution in [0.3, 0.4) is 0 Å². The number of hydrogen-bond donors (Lipinski definition) is 1. The Kier molecular flexibility index (Phi) is 12.1. The summed E-state index contributed by atoms with van der Waals surface area (Å²) >= 11 is 0. The third-order valence-corrected chi connectivity index (χ3v) is 4.55. The number of carbonyl (C=O) groups excluding carboxylic acids is 3. The van der Waals surface area contributed by atoms with E-state index in [1.54, 1.807) is 32.9 Å². The molecule has 0 aromatic heterocycles. The lowest BCUT2D eigenvalue weighted by Gasteiger charge is -2.16. The van der Waals surface area contributed by atoms with Crippen LogP contribution in [0.15, 0.2) is 47.6 Å². The number of carbonyl (C=O) groups is 3. The maximum absolute atomic E-state index is 12.4. The van der Waals surface area contributed by atoms with Crippen LogP contribution in [0.4, 0.5) is 0 Å². The van der Waals surface area contributed by atoms with Crippen molar-refractivity contribution in [2.45, 2.75) is 66.9 Å². The molecule has 0 heterocycles. The molecule has 0 radical (unpaired) electrons. The second-order valence-electron chi connectivity index (χ2n) is 7.09. The van der Waals surface area contributed by atoms with Crippen molar-refractivity contribution in [2.75, 3.05) is 0 Å². The van der Waals surface area contributed by atoms with Crippen LogP contribution in [0, 0.1) is 11.8 Å². The van der Waals surface area contributed by atoms with E-state index in [0.717, 1.165) is 6.42 Å². The van der Waals surface area contributed by atoms with Crippen molar-refractivity contribution < 1.29 is 19.5 Å². The fourth-order valence-corrected chi connectivity index (χ4v) is 2.25. The van der Waals surface area contributed by atoms with E-state index in [9.17, 15) is 19.5 Å². The van der Waals surface area contributed by atoms with Gasteiger partial charge in [0.05, 0.1) is 12.0 Å². The van der Waals surface area contributed by atoms with E-state index in [2.05, 4.69) is 13.8 Å². The molecule has 0 rings (SSSR count). The lowest BCUT2D eigenvalue weighted by atomic mass is 9.88. The highest BCUT2D eigenvalue weighted by molar-refractivity contribution is 6.03. The largest absolute Gasteiger partial charge is 0.388 e. The highest BCUT2D eigenvalue weighted by Crippen LogP contribution is 2.15. The summed E-state index contributed by atoms with van der Waals surface area (Å²) in [6, 6.07) is 0. The maximum Gasteiger partial charge on any atom is 0.149 e. The highest BCUT2D eigenvalue weighted by Gasteiger charge is 2.26. The van der Waals surface area contributed by atoms with Crippen LogP contribution in [-0.4, -0.2) is 28.6 Å². The molecule has 0 aromatic carbocycles. The predicted molar refractivity (Wildman–Crippen MR) is 110 cm³/mol. The summed E-state index contributed by atoms with van der Waals surface area (Å²) in [6.07, 6.45) is 11.2. The Bertz CT molecular complexity index is 635. The van der Waals surface area contributed by atoms with Gasteiger partial charge in [-0.25, -0.2) is 0 Å². The molecule has 0 aliphatic rings. The number of hydrogen-bond acceptors (Lipinski definition) is 4. The van der Waals surface area contributed by atoms with Crippen molar-refractivity contribution in [1.29, 1.82) is 0 Å². The number of aliphatic hydroxyl groups excluding tert-OH is 1. The van der Waals surface area contributed by atoms with Gasteiger partial charge in [-0.15, -0.1) is 0 Å². The SMILES string of the molecule is CC/C(C)=C/C=C/C=C/[C@@H](C)C(=O)C(C)C(=O)CC(O)/C(C)=C/CC(C)=O. The van der Waals surface area contributed by atoms with Crippen LogP contribution >= 0.6 is 0 Å². The van der Waals surface area contributed by atoms with Crippen LogP contribution in [0.25, 0.3) is 0 Å². The summed E-state index contributed by atoms with van der Waals surface area (Å²) in [6.45, 7) is 10.6. The smallest absolute Gasteiger partial charge is 0.149 e. The Morgan fingerprint density at radius 2 is 1.63 bits per heavy atom. The van der Waals surface area contributed by atoms with Crippen molar-refractivity contribution in [1.82, 2.24) is 0 Å². The number of aliphatic hydroxyl groups is 1. The van der Waals surface area contributed by atoms with Crippen LogP contribution in [0.5, 0.6) is 0 Å². The van der Waals surface area contributed by atoms with Crippen LogP contribution < -0.4 is 0 Å². The van der Waals surface area contributed by atoms with Gasteiger partial charge in [0.15, 0.2) is 0 Å². The van der Waals surface area contributed by atoms with Gasteiger partial charge in [-0.2, -0.15) is 0 Å². The molecule has 0 amide bonds. The molecule has 4 nitrogen and oxygen atoms in total. The van der Waals surface area contributed by atoms with Gasteiger partial charge in [-0.3, -0.25) is 14.4 Å². The topological polar surface area (TPSA) is 71.4 Å². The monoisotopic (exact) mass is 374 g/mol. The molecule has 4 heteroatoms. The van der Waals surface area contributed by atoms with E-state index in [0.29, 0.717) is 5.57 Å². The Morgan fingerprint density at radius 3 is 2.19 bits per heavy atom. The van der Waals surface area contributed by atoms with Crippen molar-refractivity contribution in [3.63, 3.8) is 0 Å². The second-order valence-corrected chi connectivity index (χ2v) is 7.09. The van der Waals surface area contributed by atoms with E-state index < -0.39 is 12.0 Å². The molecule has 0 fully saturated rings. The first kappa shape index (κ1) is 24.9. The predicted octanol–water partition coefficient (Wildman–Crippen LogP) is 4.54. The first-order chi connectivity index (χ1) is 12.6. The zero-order valence-corrected chi connectivity index (χ0v) is 17.5. The van der Waals surface area contributed by atoms with Crippen molar-refractivity contribution in [2.24, 2.45) is 11.8 Å². The van der Waals surface area contributed by atoms with E-state index in [1.165, 1.54) is 12.5 Å². The molecule has 0 aromatic rings. The molecule has 0 spiro atoms. The first-order valence-electron chi connectivity index (χ1n) is 9.51. The minimum absolute atomic E-state index is 0.00794. The van der Waals surface area contributed by atoms with Crippen molar-refractivity contribution >= 4 is 17.3 Å². The Labute approximate surface area is 163 Å². The Morgan fingerprint density at radius 1 is 1.00 bits per heavy atom. The average molecular weight is 375 g/mol. The Hall–Kier alpha value is -2.07. The first-order valence-corrected chi connectivity index (χ1v) is 9.51. The van der Waals surface area contributed by atoms with Crippen LogP contribution in [0.1, 0.15) is 60.8 Å². The zero-order valence-electron chi connectivity index (χ0n) is 17.5. The van der Waals surface area contributed by atoms with Crippen molar-refractivity contribution in [3.05, 3.63) is 47.6 Å². The van der Waals surface area contributed by atoms with Gasteiger partial charge in [0.1, 0.15) is 17.3 Å². The molecule has 0 bridgehead atoms. The molecule has 150 valence electrons. The summed E-state index contributed by atoms with van der Waals surface area (Å²) in [5, 5.41) is 10.1. The van der Waals surface area contributed by atoms with Crippen molar-refractivity contribution in [3.8, 4) is 0 Å². The van der Waals surface area contributed by atoms with E-state index in [4.69, 9.17) is 0 Å². The zero-order chi connectivity index (χ0) is 21.0. The number of Topliss-reactive ketones (excluding diaryl/α,β-unsaturated/α-hetero) is 3. The standard InChI is InChI=1S/C23H34O4/c1-7-16(2)11-9-8-10-12-18(4)23(27)20(6)22(26)15-21(25)17(3)13-14-19(5)24/h8-13,18,20-21,25H,7,14-15H2,1-6H3/b9-8+,12-10+,16-11+,17-13+/t18-,20?,21?/m1/s1. The summed E-state index contributed by atoms with van der Waals surface area (Å²) in [5.41, 5.74) is 1.85. The van der Waals surface area contributed by atoms with Gasteiger partial charge in [0, 0.05) is 18.8 Å². The number of allylic oxidation sites excluding steroid dienone is 7. The van der Waals surface area contributed by atoms with Gasteiger partial charge >= 0.3 is 0 Å². The summed E-state index contributed by atoms with van der Waals surface area (Å²) < 4.78 is 0. The lowest BCUT2D eigenvalue weighted by molar-refractivity contribution is -0.134. The van der Waals surface area contributed by atoms with E-state index in [-0.39, 0.29) is 36.1 Å². The minimum atomic E-state index is -0.963. The average Bonchev–Trinajstić information content (AvgIpc) is 2.63. The quantitative estimate of drug-likeness (QED) is 0.309. The summed E-state index contributed by atoms with van der Waals surface area (Å²) in [7, 11) is 0. The molecule has 0 aliphatic carbocycles. The maximum atomic E-state index is 12.4. The fourth-order valence-electron chi connectivity index (χ4n) is 2.25. The van der Waals surface area contributed by atoms with Gasteiger partial charge in [0.2, 0.25) is 0 Å². The van der Waals surface area contributed by atoms with Gasteiger partial charge < -0.3 is 5.11 Å². The third-order valence-electron chi connectivity index (χ3n) is 4.55. The summed E-state index contributed by atoms with van der Waals surface area (Å²) in [5.74, 6) is -1.61. The van der Waals surface area contributed by atoms with Crippen LogP contribution in [0.2, 0.25) is 0 Å². The second kappa shape index (κ2) is 13.2. The molecule has 1 N–H and O–H groups in total. The molecule has 27 heavy (non-hydrogen) atoms. The van der Waals surface area contributed by atoms with Gasteiger partial charge in [0.25, 0.3) is 0 Å². The minimum Gasteiger partial charge on any atom is -0.388 e. The van der Waals surface area contributed by atoms with Crippen LogP contribution in [-0.2, 0) is 14.4 Å². The Balaban J connectivity index is 4.71. The molecule has 3 atom stereocenters. The molecule has 2 unspecified atom stereocenters. The van der Waals surface area contributed by atoms with E-state index in [1.807, 2.05) is 24.3 Å². The highest BCUT2D eigenvalue weighted by atomic mass is 16.3. The normalized spacial score (nSPS) is 16.6. The van der Waals surface area contributed by atoms with Gasteiger partial charge in [-0.05, 0) is 39.7 Å². The number of ketones is 3. The molecule has 0 aliphatic heterocycles. The fraction of sp³-hybridized carbons (Fsp3) is 0.522. The molecular formula is C23H34O4.